The Morgan fingerprint density at radius 1 is 0.500 bits per heavy atom. The third-order valence-corrected chi connectivity index (χ3v) is 4.52. The molecular formula is C24H30O4. The number of esters is 2. The molecule has 4 nitrogen and oxygen atoms in total. The van der Waals surface area contributed by atoms with Crippen LogP contribution in [-0.2, 0) is 9.47 Å². The van der Waals surface area contributed by atoms with Gasteiger partial charge in [0.25, 0.3) is 0 Å². The van der Waals surface area contributed by atoms with Crippen molar-refractivity contribution in [2.75, 3.05) is 13.2 Å². The Kier molecular flexibility index (Phi) is 10.5. The summed E-state index contributed by atoms with van der Waals surface area (Å²) in [5, 5.41) is 0. The van der Waals surface area contributed by atoms with Gasteiger partial charge in [-0.05, 0) is 37.1 Å². The maximum absolute atomic E-state index is 11.8. The summed E-state index contributed by atoms with van der Waals surface area (Å²) in [6, 6.07) is 18.2. The van der Waals surface area contributed by atoms with Crippen LogP contribution in [0.15, 0.2) is 60.7 Å². The summed E-state index contributed by atoms with van der Waals surface area (Å²) in [5.74, 6) is -0.484. The maximum Gasteiger partial charge on any atom is 0.338 e. The third kappa shape index (κ3) is 8.85. The molecule has 0 aromatic heterocycles. The van der Waals surface area contributed by atoms with Crippen LogP contribution in [0.5, 0.6) is 0 Å². The Balaban J connectivity index is 1.36. The van der Waals surface area contributed by atoms with Gasteiger partial charge in [-0.2, -0.15) is 0 Å². The Labute approximate surface area is 167 Å². The highest BCUT2D eigenvalue weighted by Crippen LogP contribution is 2.10. The molecule has 0 aliphatic carbocycles. The van der Waals surface area contributed by atoms with E-state index in [0.29, 0.717) is 24.3 Å². The Bertz CT molecular complexity index is 621. The van der Waals surface area contributed by atoms with Crippen molar-refractivity contribution in [3.05, 3.63) is 71.8 Å². The van der Waals surface area contributed by atoms with Crippen LogP contribution in [0.25, 0.3) is 0 Å². The van der Waals surface area contributed by atoms with Crippen LogP contribution in [0, 0.1) is 0 Å². The molecule has 0 radical (unpaired) electrons. The second-order valence-electron chi connectivity index (χ2n) is 6.83. The number of carbonyl (C=O) groups is 2. The van der Waals surface area contributed by atoms with Crippen molar-refractivity contribution in [3.63, 3.8) is 0 Å². The molecule has 0 N–H and O–H groups in total. The first-order valence-corrected chi connectivity index (χ1v) is 10.2. The van der Waals surface area contributed by atoms with E-state index in [0.717, 1.165) is 38.5 Å². The Morgan fingerprint density at radius 2 is 0.821 bits per heavy atom. The molecule has 28 heavy (non-hydrogen) atoms. The van der Waals surface area contributed by atoms with Crippen LogP contribution in [0.1, 0.15) is 72.1 Å². The van der Waals surface area contributed by atoms with E-state index in [-0.39, 0.29) is 11.9 Å². The topological polar surface area (TPSA) is 52.6 Å². The van der Waals surface area contributed by atoms with Crippen molar-refractivity contribution in [1.82, 2.24) is 0 Å². The van der Waals surface area contributed by atoms with Gasteiger partial charge in [0.1, 0.15) is 0 Å². The molecule has 0 aliphatic rings. The number of unbranched alkanes of at least 4 members (excludes halogenated alkanes) is 7. The fourth-order valence-corrected chi connectivity index (χ4v) is 2.91. The molecule has 0 saturated heterocycles. The van der Waals surface area contributed by atoms with Crippen molar-refractivity contribution in [1.29, 1.82) is 0 Å². The van der Waals surface area contributed by atoms with Gasteiger partial charge in [0.15, 0.2) is 0 Å². The summed E-state index contributed by atoms with van der Waals surface area (Å²) in [5.41, 5.74) is 1.22. The van der Waals surface area contributed by atoms with Crippen LogP contribution in [0.4, 0.5) is 0 Å². The van der Waals surface area contributed by atoms with Crippen molar-refractivity contribution in [3.8, 4) is 0 Å². The van der Waals surface area contributed by atoms with Crippen LogP contribution >= 0.6 is 0 Å². The fraction of sp³-hybridized carbons (Fsp3) is 0.417. The van der Waals surface area contributed by atoms with Gasteiger partial charge in [-0.15, -0.1) is 0 Å². The lowest BCUT2D eigenvalue weighted by Crippen LogP contribution is -2.06. The molecule has 150 valence electrons. The minimum atomic E-state index is -0.242. The van der Waals surface area contributed by atoms with E-state index in [1.807, 2.05) is 36.4 Å². The summed E-state index contributed by atoms with van der Waals surface area (Å²) in [7, 11) is 0. The van der Waals surface area contributed by atoms with Crippen LogP contribution in [0.3, 0.4) is 0 Å². The monoisotopic (exact) mass is 382 g/mol. The van der Waals surface area contributed by atoms with E-state index in [1.54, 1.807) is 24.3 Å². The summed E-state index contributed by atoms with van der Waals surface area (Å²) >= 11 is 0. The molecule has 0 amide bonds. The highest BCUT2D eigenvalue weighted by atomic mass is 16.5. The second kappa shape index (κ2) is 13.5. The molecule has 0 atom stereocenters. The van der Waals surface area contributed by atoms with E-state index >= 15 is 0 Å². The van der Waals surface area contributed by atoms with Gasteiger partial charge in [0, 0.05) is 0 Å². The zero-order valence-corrected chi connectivity index (χ0v) is 16.5. The number of ether oxygens (including phenoxy) is 2. The number of hydrogen-bond donors (Lipinski definition) is 0. The second-order valence-corrected chi connectivity index (χ2v) is 6.83. The van der Waals surface area contributed by atoms with Crippen molar-refractivity contribution < 1.29 is 19.1 Å². The molecule has 2 aromatic rings. The minimum Gasteiger partial charge on any atom is -0.462 e. The van der Waals surface area contributed by atoms with Gasteiger partial charge in [-0.1, -0.05) is 74.9 Å². The average Bonchev–Trinajstić information content (AvgIpc) is 2.75. The van der Waals surface area contributed by atoms with E-state index in [4.69, 9.17) is 9.47 Å². The van der Waals surface area contributed by atoms with E-state index < -0.39 is 0 Å². The predicted molar refractivity (Wildman–Crippen MR) is 110 cm³/mol. The third-order valence-electron chi connectivity index (χ3n) is 4.52. The van der Waals surface area contributed by atoms with E-state index in [1.165, 1.54) is 12.8 Å². The molecule has 2 rings (SSSR count). The van der Waals surface area contributed by atoms with Gasteiger partial charge < -0.3 is 9.47 Å². The molecule has 0 aliphatic heterocycles. The molecular weight excluding hydrogens is 352 g/mol. The summed E-state index contributed by atoms with van der Waals surface area (Å²) in [6.07, 6.45) is 8.68. The molecule has 2 aromatic carbocycles. The lowest BCUT2D eigenvalue weighted by atomic mass is 10.1. The smallest absolute Gasteiger partial charge is 0.338 e. The highest BCUT2D eigenvalue weighted by Gasteiger charge is 2.06. The largest absolute Gasteiger partial charge is 0.462 e. The number of hydrogen-bond acceptors (Lipinski definition) is 4. The first-order valence-electron chi connectivity index (χ1n) is 10.2. The molecule has 0 saturated carbocycles. The molecule has 0 spiro atoms. The van der Waals surface area contributed by atoms with Crippen LogP contribution in [0.2, 0.25) is 0 Å². The van der Waals surface area contributed by atoms with Crippen LogP contribution < -0.4 is 0 Å². The quantitative estimate of drug-likeness (QED) is 0.323. The summed E-state index contributed by atoms with van der Waals surface area (Å²) in [4.78, 5) is 23.5. The first kappa shape index (κ1) is 21.7. The molecule has 0 unspecified atom stereocenters. The minimum absolute atomic E-state index is 0.242. The van der Waals surface area contributed by atoms with Gasteiger partial charge in [-0.25, -0.2) is 9.59 Å². The van der Waals surface area contributed by atoms with Gasteiger partial charge in [0.05, 0.1) is 24.3 Å². The summed E-state index contributed by atoms with van der Waals surface area (Å²) < 4.78 is 10.5. The molecule has 0 heterocycles. The van der Waals surface area contributed by atoms with Gasteiger partial charge >= 0.3 is 11.9 Å². The number of rotatable bonds is 13. The fourth-order valence-electron chi connectivity index (χ4n) is 2.91. The van der Waals surface area contributed by atoms with Gasteiger partial charge in [-0.3, -0.25) is 0 Å². The van der Waals surface area contributed by atoms with Crippen molar-refractivity contribution in [2.24, 2.45) is 0 Å². The highest BCUT2D eigenvalue weighted by molar-refractivity contribution is 5.89. The summed E-state index contributed by atoms with van der Waals surface area (Å²) in [6.45, 7) is 0.973. The van der Waals surface area contributed by atoms with E-state index in [2.05, 4.69) is 0 Å². The zero-order valence-electron chi connectivity index (χ0n) is 16.5. The van der Waals surface area contributed by atoms with Crippen LogP contribution in [-0.4, -0.2) is 25.2 Å². The average molecular weight is 382 g/mol. The lowest BCUT2D eigenvalue weighted by Gasteiger charge is -2.06. The lowest BCUT2D eigenvalue weighted by molar-refractivity contribution is 0.0487. The molecule has 4 heteroatoms. The Morgan fingerprint density at radius 3 is 1.18 bits per heavy atom. The maximum atomic E-state index is 11.8. The predicted octanol–water partition coefficient (Wildman–Crippen LogP) is 5.82. The number of carbonyl (C=O) groups excluding carboxylic acids is 2. The normalized spacial score (nSPS) is 10.4. The van der Waals surface area contributed by atoms with Crippen molar-refractivity contribution in [2.45, 2.75) is 51.4 Å². The molecule has 0 bridgehead atoms. The van der Waals surface area contributed by atoms with Gasteiger partial charge in [0.2, 0.25) is 0 Å². The standard InChI is InChI=1S/C24H30O4/c25-23(21-15-9-7-10-16-21)27-19-13-5-3-1-2-4-6-14-20-28-24(26)22-17-11-8-12-18-22/h7-12,15-18H,1-6,13-14,19-20H2. The Hall–Kier alpha value is -2.62. The SMILES string of the molecule is O=C(OCCCCCCCCCCOC(=O)c1ccccc1)c1ccccc1. The number of benzene rings is 2. The molecule has 0 fully saturated rings. The van der Waals surface area contributed by atoms with Crippen molar-refractivity contribution >= 4 is 11.9 Å². The first-order chi connectivity index (χ1) is 13.8. The van der Waals surface area contributed by atoms with E-state index in [9.17, 15) is 9.59 Å². The zero-order chi connectivity index (χ0) is 19.9.